The van der Waals surface area contributed by atoms with Crippen molar-refractivity contribution >= 4 is 34.8 Å². The molecule has 1 fully saturated rings. The number of aliphatic hydroxyl groups is 1. The maximum atomic E-state index is 13.7. The van der Waals surface area contributed by atoms with Crippen molar-refractivity contribution in [2.45, 2.75) is 122 Å². The number of ether oxygens (including phenoxy) is 1. The molecular formula is C32H48N4O7. The fourth-order valence-corrected chi connectivity index (χ4v) is 5.63. The minimum absolute atomic E-state index is 0.138. The van der Waals surface area contributed by atoms with Gasteiger partial charge in [-0.2, -0.15) is 0 Å². The molecule has 1 saturated carbocycles. The van der Waals surface area contributed by atoms with Gasteiger partial charge in [0.1, 0.15) is 17.7 Å². The van der Waals surface area contributed by atoms with Gasteiger partial charge >= 0.3 is 12.1 Å². The van der Waals surface area contributed by atoms with E-state index in [0.717, 1.165) is 55.0 Å². The summed E-state index contributed by atoms with van der Waals surface area (Å²) >= 11 is 0. The molecule has 11 heteroatoms. The lowest BCUT2D eigenvalue weighted by atomic mass is 9.83. The highest BCUT2D eigenvalue weighted by molar-refractivity contribution is 5.92. The number of para-hydroxylation sites is 1. The van der Waals surface area contributed by atoms with Gasteiger partial charge in [-0.15, -0.1) is 0 Å². The highest BCUT2D eigenvalue weighted by atomic mass is 16.6. The van der Waals surface area contributed by atoms with Crippen molar-refractivity contribution in [3.8, 4) is 0 Å². The number of H-pyrrole nitrogens is 1. The zero-order valence-electron chi connectivity index (χ0n) is 25.8. The van der Waals surface area contributed by atoms with E-state index in [2.05, 4.69) is 20.9 Å². The molecular weight excluding hydrogens is 552 g/mol. The Bertz CT molecular complexity index is 1230. The molecule has 6 N–H and O–H groups in total. The molecule has 0 radical (unpaired) electrons. The van der Waals surface area contributed by atoms with Crippen LogP contribution in [0.15, 0.2) is 30.5 Å². The number of carbonyl (C=O) groups is 4. The van der Waals surface area contributed by atoms with E-state index in [4.69, 9.17) is 4.74 Å². The number of fused-ring (bicyclic) bond motifs is 1. The summed E-state index contributed by atoms with van der Waals surface area (Å²) in [6.45, 7) is 7.13. The molecule has 1 aromatic heterocycles. The van der Waals surface area contributed by atoms with Crippen LogP contribution in [0.4, 0.5) is 4.79 Å². The lowest BCUT2D eigenvalue weighted by Crippen LogP contribution is -2.57. The fourth-order valence-electron chi connectivity index (χ4n) is 5.63. The van der Waals surface area contributed by atoms with E-state index in [1.54, 1.807) is 27.0 Å². The van der Waals surface area contributed by atoms with E-state index in [0.29, 0.717) is 19.3 Å². The Kier molecular flexibility index (Phi) is 12.4. The Balaban J connectivity index is 1.80. The molecule has 1 aliphatic rings. The second-order valence-electron chi connectivity index (χ2n) is 12.6. The third-order valence-electron chi connectivity index (χ3n) is 7.86. The molecule has 3 rings (SSSR count). The standard InChI is InChI=1S/C32H48N4O7/c1-5-6-15-24(28(38)35-25(27(37)30(40)41)17-20-12-8-7-9-13-20)34-29(39)26(36-31(42)43-32(2,3)4)18-21-19-33-23-16-11-10-14-22(21)23/h10-11,14,16,19-20,24-27,33,37H,5-9,12-13,15,17-18H2,1-4H3,(H,34,39)(H,35,38)(H,36,42)(H,40,41)/t24-,25-,26-,27+/m0/s1. The van der Waals surface area contributed by atoms with E-state index in [-0.39, 0.29) is 12.3 Å². The number of amides is 3. The maximum absolute atomic E-state index is 13.7. The van der Waals surface area contributed by atoms with Crippen LogP contribution in [0, 0.1) is 5.92 Å². The van der Waals surface area contributed by atoms with Crippen molar-refractivity contribution in [3.63, 3.8) is 0 Å². The highest BCUT2D eigenvalue weighted by Gasteiger charge is 2.34. The number of hydrogen-bond donors (Lipinski definition) is 6. The van der Waals surface area contributed by atoms with Crippen molar-refractivity contribution < 1.29 is 34.1 Å². The van der Waals surface area contributed by atoms with Crippen LogP contribution >= 0.6 is 0 Å². The molecule has 0 aliphatic heterocycles. The third kappa shape index (κ3) is 10.6. The number of rotatable bonds is 14. The Morgan fingerprint density at radius 3 is 2.33 bits per heavy atom. The number of carbonyl (C=O) groups excluding carboxylic acids is 3. The van der Waals surface area contributed by atoms with Gasteiger partial charge in [-0.25, -0.2) is 9.59 Å². The van der Waals surface area contributed by atoms with E-state index in [1.807, 2.05) is 31.2 Å². The topological polar surface area (TPSA) is 170 Å². The number of aromatic amines is 1. The molecule has 2 aromatic rings. The van der Waals surface area contributed by atoms with E-state index in [1.165, 1.54) is 0 Å². The van der Waals surface area contributed by atoms with Crippen LogP contribution in [0.2, 0.25) is 0 Å². The van der Waals surface area contributed by atoms with Crippen molar-refractivity contribution in [1.82, 2.24) is 20.9 Å². The fraction of sp³-hybridized carbons (Fsp3) is 0.625. The van der Waals surface area contributed by atoms with Crippen LogP contribution in [0.25, 0.3) is 10.9 Å². The summed E-state index contributed by atoms with van der Waals surface area (Å²) in [5.74, 6) is -2.34. The van der Waals surface area contributed by atoms with Gasteiger partial charge in [-0.3, -0.25) is 9.59 Å². The lowest BCUT2D eigenvalue weighted by Gasteiger charge is -2.30. The zero-order valence-corrected chi connectivity index (χ0v) is 25.8. The number of aromatic nitrogens is 1. The molecule has 0 saturated heterocycles. The lowest BCUT2D eigenvalue weighted by molar-refractivity contribution is -0.149. The molecule has 11 nitrogen and oxygen atoms in total. The van der Waals surface area contributed by atoms with Gasteiger partial charge in [0.2, 0.25) is 11.8 Å². The van der Waals surface area contributed by atoms with Gasteiger partial charge < -0.3 is 35.9 Å². The number of alkyl carbamates (subject to hydrolysis) is 1. The molecule has 3 amide bonds. The zero-order chi connectivity index (χ0) is 31.6. The average molecular weight is 601 g/mol. The first-order valence-electron chi connectivity index (χ1n) is 15.4. The van der Waals surface area contributed by atoms with Gasteiger partial charge in [-0.05, 0) is 51.2 Å². The molecule has 4 atom stereocenters. The summed E-state index contributed by atoms with van der Waals surface area (Å²) in [5, 5.41) is 29.1. The quantitative estimate of drug-likeness (QED) is 0.189. The molecule has 0 unspecified atom stereocenters. The monoisotopic (exact) mass is 600 g/mol. The first-order valence-corrected chi connectivity index (χ1v) is 15.4. The third-order valence-corrected chi connectivity index (χ3v) is 7.86. The minimum Gasteiger partial charge on any atom is -0.479 e. The number of nitrogens with one attached hydrogen (secondary N) is 4. The molecule has 0 bridgehead atoms. The second kappa shape index (κ2) is 15.7. The molecule has 1 aromatic carbocycles. The van der Waals surface area contributed by atoms with Crippen LogP contribution in [0.1, 0.15) is 91.0 Å². The number of carboxylic acids is 1. The van der Waals surface area contributed by atoms with Crippen molar-refractivity contribution in [3.05, 3.63) is 36.0 Å². The predicted octanol–water partition coefficient (Wildman–Crippen LogP) is 4.18. The van der Waals surface area contributed by atoms with E-state index < -0.39 is 53.7 Å². The number of hydrogen-bond acceptors (Lipinski definition) is 6. The van der Waals surface area contributed by atoms with Crippen molar-refractivity contribution in [1.29, 1.82) is 0 Å². The summed E-state index contributed by atoms with van der Waals surface area (Å²) in [7, 11) is 0. The number of unbranched alkanes of at least 4 members (excludes halogenated alkanes) is 1. The van der Waals surface area contributed by atoms with Gasteiger partial charge in [0, 0.05) is 23.5 Å². The van der Waals surface area contributed by atoms with Gasteiger partial charge in [0.25, 0.3) is 0 Å². The molecule has 0 spiro atoms. The molecule has 238 valence electrons. The molecule has 1 aliphatic carbocycles. The van der Waals surface area contributed by atoms with E-state index >= 15 is 0 Å². The van der Waals surface area contributed by atoms with Crippen LogP contribution < -0.4 is 16.0 Å². The number of aliphatic carboxylic acids is 1. The van der Waals surface area contributed by atoms with Crippen LogP contribution in [0.3, 0.4) is 0 Å². The van der Waals surface area contributed by atoms with Crippen LogP contribution in [-0.4, -0.2) is 68.9 Å². The summed E-state index contributed by atoms with van der Waals surface area (Å²) in [6.07, 6.45) is 6.45. The minimum atomic E-state index is -1.77. The van der Waals surface area contributed by atoms with E-state index in [9.17, 15) is 29.4 Å². The van der Waals surface area contributed by atoms with Crippen molar-refractivity contribution in [2.24, 2.45) is 5.92 Å². The van der Waals surface area contributed by atoms with Crippen LogP contribution in [0.5, 0.6) is 0 Å². The van der Waals surface area contributed by atoms with Gasteiger partial charge in [-0.1, -0.05) is 70.1 Å². The Morgan fingerprint density at radius 2 is 1.67 bits per heavy atom. The highest BCUT2D eigenvalue weighted by Crippen LogP contribution is 2.28. The van der Waals surface area contributed by atoms with Crippen LogP contribution in [-0.2, 0) is 25.5 Å². The average Bonchev–Trinajstić information content (AvgIpc) is 3.36. The summed E-state index contributed by atoms with van der Waals surface area (Å²) < 4.78 is 5.42. The maximum Gasteiger partial charge on any atom is 0.408 e. The second-order valence-corrected chi connectivity index (χ2v) is 12.6. The first-order chi connectivity index (χ1) is 20.4. The number of carboxylic acid groups (broad SMARTS) is 1. The predicted molar refractivity (Wildman–Crippen MR) is 163 cm³/mol. The Hall–Kier alpha value is -3.60. The largest absolute Gasteiger partial charge is 0.479 e. The summed E-state index contributed by atoms with van der Waals surface area (Å²) in [4.78, 5) is 54.9. The normalized spacial score (nSPS) is 17.0. The Morgan fingerprint density at radius 1 is 1.00 bits per heavy atom. The number of benzene rings is 1. The number of aliphatic hydroxyl groups excluding tert-OH is 1. The summed E-state index contributed by atoms with van der Waals surface area (Å²) in [6, 6.07) is 4.57. The van der Waals surface area contributed by atoms with Crippen molar-refractivity contribution in [2.75, 3.05) is 0 Å². The Labute approximate surface area is 253 Å². The van der Waals surface area contributed by atoms with Gasteiger partial charge in [0.15, 0.2) is 6.10 Å². The molecule has 1 heterocycles. The SMILES string of the molecule is CCCC[C@H](NC(=O)[C@H](Cc1c[nH]c2ccccc12)NC(=O)OC(C)(C)C)C(=O)N[C@@H](CC1CCCCC1)[C@@H](O)C(=O)O. The smallest absolute Gasteiger partial charge is 0.408 e. The molecule has 43 heavy (non-hydrogen) atoms. The first kappa shape index (κ1) is 33.9. The summed E-state index contributed by atoms with van der Waals surface area (Å²) in [5.41, 5.74) is 0.905. The van der Waals surface area contributed by atoms with Gasteiger partial charge in [0.05, 0.1) is 6.04 Å².